The lowest BCUT2D eigenvalue weighted by atomic mass is 10.2. The van der Waals surface area contributed by atoms with Crippen LogP contribution in [0.2, 0.25) is 10.0 Å². The highest BCUT2D eigenvalue weighted by Crippen LogP contribution is 2.23. The minimum atomic E-state index is -0.148. The minimum absolute atomic E-state index is 0.148. The highest BCUT2D eigenvalue weighted by molar-refractivity contribution is 7.99. The third kappa shape index (κ3) is 5.41. The third-order valence-corrected chi connectivity index (χ3v) is 5.35. The van der Waals surface area contributed by atoms with Crippen LogP contribution in [0.3, 0.4) is 0 Å². The zero-order valence-corrected chi connectivity index (χ0v) is 17.6. The molecule has 0 bridgehead atoms. The van der Waals surface area contributed by atoms with Crippen molar-refractivity contribution < 1.29 is 9.53 Å². The Balaban J connectivity index is 1.54. The van der Waals surface area contributed by atoms with Crippen LogP contribution >= 0.6 is 35.0 Å². The van der Waals surface area contributed by atoms with Crippen molar-refractivity contribution in [3.8, 4) is 5.75 Å². The fraction of sp³-hybridized carbons (Fsp3) is 0.211. The molecule has 6 nitrogen and oxygen atoms in total. The van der Waals surface area contributed by atoms with Crippen LogP contribution in [0.25, 0.3) is 0 Å². The molecule has 0 unspecified atom stereocenters. The summed E-state index contributed by atoms with van der Waals surface area (Å²) in [5.74, 6) is 1.45. The second kappa shape index (κ2) is 9.32. The van der Waals surface area contributed by atoms with Gasteiger partial charge in [0.05, 0.1) is 5.75 Å². The molecule has 0 aliphatic rings. The van der Waals surface area contributed by atoms with Crippen LogP contribution < -0.4 is 10.1 Å². The summed E-state index contributed by atoms with van der Waals surface area (Å²) in [6.07, 6.45) is 0. The maximum absolute atomic E-state index is 12.1. The van der Waals surface area contributed by atoms with Gasteiger partial charge in [0, 0.05) is 22.8 Å². The van der Waals surface area contributed by atoms with E-state index in [1.807, 2.05) is 30.7 Å². The monoisotopic (exact) mass is 436 g/mol. The van der Waals surface area contributed by atoms with Gasteiger partial charge in [-0.25, -0.2) is 0 Å². The molecule has 3 aromatic rings. The van der Waals surface area contributed by atoms with Crippen molar-refractivity contribution in [2.45, 2.75) is 18.7 Å². The van der Waals surface area contributed by atoms with Gasteiger partial charge in [0.1, 0.15) is 12.4 Å². The van der Waals surface area contributed by atoms with Gasteiger partial charge in [-0.3, -0.25) is 4.79 Å². The number of hydrogen-bond donors (Lipinski definition) is 1. The number of ether oxygens (including phenoxy) is 1. The Kier molecular flexibility index (Phi) is 6.83. The van der Waals surface area contributed by atoms with Crippen LogP contribution in [-0.2, 0) is 18.4 Å². The lowest BCUT2D eigenvalue weighted by molar-refractivity contribution is -0.113. The number of aryl methyl sites for hydroxylation is 1. The highest BCUT2D eigenvalue weighted by Gasteiger charge is 2.13. The Morgan fingerprint density at radius 1 is 1.18 bits per heavy atom. The Bertz CT molecular complexity index is 994. The Morgan fingerprint density at radius 2 is 1.96 bits per heavy atom. The number of benzene rings is 2. The molecular formula is C19H18Cl2N4O2S. The molecule has 9 heteroatoms. The van der Waals surface area contributed by atoms with E-state index in [4.69, 9.17) is 27.9 Å². The molecule has 0 radical (unpaired) electrons. The standard InChI is InChI=1S/C19H18Cl2N4O2S/c1-12-8-14(21)6-7-16(12)27-10-17-23-24-19(25(17)2)28-11-18(26)22-15-5-3-4-13(20)9-15/h3-9H,10-11H2,1-2H3,(H,22,26). The lowest BCUT2D eigenvalue weighted by Gasteiger charge is -2.09. The van der Waals surface area contributed by atoms with Gasteiger partial charge >= 0.3 is 0 Å². The first-order valence-electron chi connectivity index (χ1n) is 8.38. The highest BCUT2D eigenvalue weighted by atomic mass is 35.5. The third-order valence-electron chi connectivity index (χ3n) is 3.86. The summed E-state index contributed by atoms with van der Waals surface area (Å²) < 4.78 is 7.61. The number of rotatable bonds is 7. The van der Waals surface area contributed by atoms with Crippen LogP contribution in [0.5, 0.6) is 5.75 Å². The molecule has 0 saturated heterocycles. The van der Waals surface area contributed by atoms with Crippen LogP contribution in [0, 0.1) is 6.92 Å². The van der Waals surface area contributed by atoms with E-state index in [1.165, 1.54) is 11.8 Å². The molecule has 28 heavy (non-hydrogen) atoms. The van der Waals surface area contributed by atoms with Crippen molar-refractivity contribution in [2.75, 3.05) is 11.1 Å². The summed E-state index contributed by atoms with van der Waals surface area (Å²) in [6, 6.07) is 12.5. The van der Waals surface area contributed by atoms with Gasteiger partial charge in [-0.05, 0) is 48.9 Å². The second-order valence-corrected chi connectivity index (χ2v) is 7.82. The molecule has 0 aliphatic heterocycles. The average Bonchev–Trinajstić information content (AvgIpc) is 2.99. The first-order valence-corrected chi connectivity index (χ1v) is 10.1. The van der Waals surface area contributed by atoms with Gasteiger partial charge in [0.2, 0.25) is 5.91 Å². The first-order chi connectivity index (χ1) is 13.4. The van der Waals surface area contributed by atoms with Gasteiger partial charge in [-0.15, -0.1) is 10.2 Å². The largest absolute Gasteiger partial charge is 0.485 e. The molecule has 0 spiro atoms. The SMILES string of the molecule is Cc1cc(Cl)ccc1OCc1nnc(SCC(=O)Nc2cccc(Cl)c2)n1C. The minimum Gasteiger partial charge on any atom is -0.485 e. The molecule has 1 aromatic heterocycles. The Labute approximate surface area is 177 Å². The number of halogens is 2. The van der Waals surface area contributed by atoms with E-state index in [2.05, 4.69) is 15.5 Å². The molecule has 0 atom stereocenters. The van der Waals surface area contributed by atoms with Crippen LogP contribution in [-0.4, -0.2) is 26.4 Å². The van der Waals surface area contributed by atoms with E-state index < -0.39 is 0 Å². The molecule has 0 saturated carbocycles. The summed E-state index contributed by atoms with van der Waals surface area (Å²) in [6.45, 7) is 2.19. The number of anilines is 1. The molecule has 0 aliphatic carbocycles. The van der Waals surface area contributed by atoms with Crippen LogP contribution in [0.15, 0.2) is 47.6 Å². The smallest absolute Gasteiger partial charge is 0.234 e. The molecule has 1 amide bonds. The van der Waals surface area contributed by atoms with E-state index in [9.17, 15) is 4.79 Å². The van der Waals surface area contributed by atoms with E-state index in [-0.39, 0.29) is 18.3 Å². The predicted octanol–water partition coefficient (Wildman–Crippen LogP) is 4.74. The van der Waals surface area contributed by atoms with Crippen molar-refractivity contribution in [3.05, 3.63) is 63.9 Å². The lowest BCUT2D eigenvalue weighted by Crippen LogP contribution is -2.14. The molecule has 1 N–H and O–H groups in total. The molecule has 3 rings (SSSR count). The molecule has 0 fully saturated rings. The van der Waals surface area contributed by atoms with Gasteiger partial charge in [0.25, 0.3) is 0 Å². The second-order valence-electron chi connectivity index (χ2n) is 6.00. The topological polar surface area (TPSA) is 69.0 Å². The Hall–Kier alpha value is -2.22. The van der Waals surface area contributed by atoms with Crippen molar-refractivity contribution >= 4 is 46.6 Å². The first kappa shape index (κ1) is 20.5. The van der Waals surface area contributed by atoms with Gasteiger partial charge in [-0.2, -0.15) is 0 Å². The number of carbonyl (C=O) groups excluding carboxylic acids is 1. The maximum Gasteiger partial charge on any atom is 0.234 e. The Morgan fingerprint density at radius 3 is 2.71 bits per heavy atom. The summed E-state index contributed by atoms with van der Waals surface area (Å²) >= 11 is 13.2. The number of thioether (sulfide) groups is 1. The van der Waals surface area contributed by atoms with Gasteiger partial charge < -0.3 is 14.6 Å². The molecule has 1 heterocycles. The number of amides is 1. The van der Waals surface area contributed by atoms with E-state index >= 15 is 0 Å². The predicted molar refractivity (Wildman–Crippen MR) is 112 cm³/mol. The molecule has 146 valence electrons. The van der Waals surface area contributed by atoms with Gasteiger partial charge in [0.15, 0.2) is 11.0 Å². The molecule has 2 aromatic carbocycles. The van der Waals surface area contributed by atoms with Crippen molar-refractivity contribution in [1.29, 1.82) is 0 Å². The number of nitrogens with zero attached hydrogens (tertiary/aromatic N) is 3. The number of carbonyl (C=O) groups is 1. The zero-order valence-electron chi connectivity index (χ0n) is 15.3. The summed E-state index contributed by atoms with van der Waals surface area (Å²) in [5.41, 5.74) is 1.60. The fourth-order valence-corrected chi connectivity index (χ4v) is 3.55. The number of hydrogen-bond acceptors (Lipinski definition) is 5. The summed E-state index contributed by atoms with van der Waals surface area (Å²) in [7, 11) is 1.84. The fourth-order valence-electron chi connectivity index (χ4n) is 2.41. The average molecular weight is 437 g/mol. The number of aromatic nitrogens is 3. The quantitative estimate of drug-likeness (QED) is 0.541. The summed E-state index contributed by atoms with van der Waals surface area (Å²) in [5, 5.41) is 12.9. The van der Waals surface area contributed by atoms with Crippen LogP contribution in [0.4, 0.5) is 5.69 Å². The number of nitrogens with one attached hydrogen (secondary N) is 1. The van der Waals surface area contributed by atoms with Crippen molar-refractivity contribution in [3.63, 3.8) is 0 Å². The van der Waals surface area contributed by atoms with E-state index in [0.29, 0.717) is 26.7 Å². The van der Waals surface area contributed by atoms with E-state index in [1.54, 1.807) is 30.3 Å². The zero-order chi connectivity index (χ0) is 20.1. The normalized spacial score (nSPS) is 10.7. The van der Waals surface area contributed by atoms with Crippen LogP contribution in [0.1, 0.15) is 11.4 Å². The van der Waals surface area contributed by atoms with Crippen molar-refractivity contribution in [2.24, 2.45) is 7.05 Å². The van der Waals surface area contributed by atoms with Gasteiger partial charge in [-0.1, -0.05) is 41.0 Å². The van der Waals surface area contributed by atoms with E-state index in [0.717, 1.165) is 11.3 Å². The summed E-state index contributed by atoms with van der Waals surface area (Å²) in [4.78, 5) is 12.1. The molecular weight excluding hydrogens is 419 g/mol. The maximum atomic E-state index is 12.1. The van der Waals surface area contributed by atoms with Crippen molar-refractivity contribution in [1.82, 2.24) is 14.8 Å².